The third kappa shape index (κ3) is 4.63. The number of nitro benzene ring substituents is 1. The van der Waals surface area contributed by atoms with Crippen LogP contribution in [0.4, 0.5) is 11.4 Å². The number of phenolic OH excluding ortho intramolecular Hbond substituents is 1. The van der Waals surface area contributed by atoms with Gasteiger partial charge in [0.25, 0.3) is 31.8 Å². The first-order valence-corrected chi connectivity index (χ1v) is 11.5. The SMILES string of the molecule is O=C(Nc1cc(S(=O)(=O)O)cc2cc(S(=O)(=O)O)cc(O)c12)c1ccc(Cl)c([N+](=O)[O-])c1. The van der Waals surface area contributed by atoms with Crippen molar-refractivity contribution in [1.29, 1.82) is 0 Å². The van der Waals surface area contributed by atoms with E-state index in [9.17, 15) is 46.0 Å². The first-order valence-electron chi connectivity index (χ1n) is 8.19. The number of rotatable bonds is 5. The second kappa shape index (κ2) is 7.99. The quantitative estimate of drug-likeness (QED) is 0.228. The van der Waals surface area contributed by atoms with Crippen LogP contribution in [0, 0.1) is 10.1 Å². The molecule has 15 heteroatoms. The highest BCUT2D eigenvalue weighted by atomic mass is 35.5. The fourth-order valence-corrected chi connectivity index (χ4v) is 4.09. The van der Waals surface area contributed by atoms with Crippen molar-refractivity contribution in [1.82, 2.24) is 0 Å². The van der Waals surface area contributed by atoms with Gasteiger partial charge in [-0.15, -0.1) is 0 Å². The van der Waals surface area contributed by atoms with Gasteiger partial charge in [-0.05, 0) is 35.7 Å². The van der Waals surface area contributed by atoms with Crippen molar-refractivity contribution < 1.29 is 40.8 Å². The molecule has 0 saturated carbocycles. The summed E-state index contributed by atoms with van der Waals surface area (Å²) in [6.45, 7) is 0. The maximum Gasteiger partial charge on any atom is 0.294 e. The van der Waals surface area contributed by atoms with Crippen LogP contribution in [-0.2, 0) is 20.2 Å². The number of hydrogen-bond acceptors (Lipinski definition) is 8. The monoisotopic (exact) mass is 502 g/mol. The average Bonchev–Trinajstić information content (AvgIpc) is 2.66. The van der Waals surface area contributed by atoms with E-state index in [1.165, 1.54) is 0 Å². The van der Waals surface area contributed by atoms with Crippen molar-refractivity contribution in [3.8, 4) is 5.75 Å². The van der Waals surface area contributed by atoms with Crippen molar-refractivity contribution in [2.45, 2.75) is 9.79 Å². The second-order valence-electron chi connectivity index (χ2n) is 6.34. The molecule has 0 aliphatic rings. The van der Waals surface area contributed by atoms with E-state index in [1.54, 1.807) is 0 Å². The number of nitrogens with zero attached hydrogens (tertiary/aromatic N) is 1. The van der Waals surface area contributed by atoms with Crippen LogP contribution in [-0.4, -0.2) is 41.9 Å². The van der Waals surface area contributed by atoms with Crippen LogP contribution in [0.15, 0.2) is 52.3 Å². The van der Waals surface area contributed by atoms with Crippen molar-refractivity contribution >= 4 is 59.9 Å². The van der Waals surface area contributed by atoms with Gasteiger partial charge in [0.1, 0.15) is 10.8 Å². The van der Waals surface area contributed by atoms with E-state index in [0.29, 0.717) is 6.07 Å². The van der Waals surface area contributed by atoms with Crippen LogP contribution in [0.3, 0.4) is 0 Å². The summed E-state index contributed by atoms with van der Waals surface area (Å²) in [4.78, 5) is 21.3. The van der Waals surface area contributed by atoms with Gasteiger partial charge in [-0.1, -0.05) is 11.6 Å². The Kier molecular flexibility index (Phi) is 5.84. The van der Waals surface area contributed by atoms with Gasteiger partial charge in [-0.3, -0.25) is 24.0 Å². The molecule has 3 aromatic rings. The Balaban J connectivity index is 2.22. The minimum atomic E-state index is -4.85. The average molecular weight is 503 g/mol. The molecule has 168 valence electrons. The number of carbonyl (C=O) groups is 1. The summed E-state index contributed by atoms with van der Waals surface area (Å²) in [5.41, 5.74) is -1.20. The zero-order valence-corrected chi connectivity index (χ0v) is 17.8. The highest BCUT2D eigenvalue weighted by Crippen LogP contribution is 2.37. The number of nitrogens with one attached hydrogen (secondary N) is 1. The molecule has 4 N–H and O–H groups in total. The first-order chi connectivity index (χ1) is 14.7. The van der Waals surface area contributed by atoms with Crippen molar-refractivity contribution in [2.24, 2.45) is 0 Å². The smallest absolute Gasteiger partial charge is 0.294 e. The third-order valence-corrected chi connectivity index (χ3v) is 6.21. The van der Waals surface area contributed by atoms with E-state index < -0.39 is 52.3 Å². The Morgan fingerprint density at radius 2 is 1.53 bits per heavy atom. The number of phenols is 1. The molecule has 12 nitrogen and oxygen atoms in total. The molecule has 32 heavy (non-hydrogen) atoms. The van der Waals surface area contributed by atoms with E-state index in [0.717, 1.165) is 36.4 Å². The number of amides is 1. The van der Waals surface area contributed by atoms with E-state index in [2.05, 4.69) is 5.32 Å². The van der Waals surface area contributed by atoms with Crippen LogP contribution < -0.4 is 5.32 Å². The predicted octanol–water partition coefficient (Wildman–Crippen LogP) is 2.85. The standard InChI is InChI=1S/C17H11ClN2O10S2/c18-12-2-1-8(5-14(12)20(23)24)17(22)19-13-6-10(31(25,26)27)3-9-4-11(32(28,29)30)7-15(21)16(9)13/h1-7,21H,(H,19,22)(H,25,26,27)(H,28,29,30). The Morgan fingerprint density at radius 1 is 0.969 bits per heavy atom. The molecule has 3 rings (SSSR count). The molecule has 3 aromatic carbocycles. The normalized spacial score (nSPS) is 12.0. The lowest BCUT2D eigenvalue weighted by Gasteiger charge is -2.13. The molecule has 0 heterocycles. The highest BCUT2D eigenvalue weighted by Gasteiger charge is 2.22. The summed E-state index contributed by atoms with van der Waals surface area (Å²) in [6, 6.07) is 6.17. The van der Waals surface area contributed by atoms with Crippen LogP contribution >= 0.6 is 11.6 Å². The van der Waals surface area contributed by atoms with Crippen LogP contribution in [0.2, 0.25) is 5.02 Å². The van der Waals surface area contributed by atoms with Gasteiger partial charge in [0.05, 0.1) is 20.4 Å². The van der Waals surface area contributed by atoms with E-state index in [4.69, 9.17) is 11.6 Å². The van der Waals surface area contributed by atoms with E-state index in [1.807, 2.05) is 0 Å². The van der Waals surface area contributed by atoms with Gasteiger partial charge >= 0.3 is 0 Å². The number of benzene rings is 3. The van der Waals surface area contributed by atoms with Crippen LogP contribution in [0.1, 0.15) is 10.4 Å². The largest absolute Gasteiger partial charge is 0.507 e. The van der Waals surface area contributed by atoms with Crippen molar-refractivity contribution in [3.63, 3.8) is 0 Å². The summed E-state index contributed by atoms with van der Waals surface area (Å²) in [5.74, 6) is -1.73. The van der Waals surface area contributed by atoms with E-state index >= 15 is 0 Å². The zero-order valence-electron chi connectivity index (χ0n) is 15.4. The fourth-order valence-electron chi connectivity index (χ4n) is 2.82. The Morgan fingerprint density at radius 3 is 2.06 bits per heavy atom. The summed E-state index contributed by atoms with van der Waals surface area (Å²) >= 11 is 5.71. The fraction of sp³-hybridized carbons (Fsp3) is 0. The van der Waals surface area contributed by atoms with Gasteiger partial charge < -0.3 is 10.4 Å². The molecule has 0 saturated heterocycles. The maximum atomic E-state index is 12.6. The van der Waals surface area contributed by atoms with E-state index in [-0.39, 0.29) is 27.0 Å². The summed E-state index contributed by atoms with van der Waals surface area (Å²) in [7, 11) is -9.65. The third-order valence-electron chi connectivity index (χ3n) is 4.22. The van der Waals surface area contributed by atoms with Crippen molar-refractivity contribution in [3.05, 3.63) is 63.2 Å². The molecular weight excluding hydrogens is 492 g/mol. The Labute approximate surface area is 184 Å². The van der Waals surface area contributed by atoms with Crippen LogP contribution in [0.5, 0.6) is 5.75 Å². The Bertz CT molecular complexity index is 1510. The highest BCUT2D eigenvalue weighted by molar-refractivity contribution is 7.86. The van der Waals surface area contributed by atoms with Gasteiger partial charge in [0.15, 0.2) is 0 Å². The minimum Gasteiger partial charge on any atom is -0.507 e. The van der Waals surface area contributed by atoms with Gasteiger partial charge in [0.2, 0.25) is 0 Å². The molecule has 0 unspecified atom stereocenters. The molecule has 0 fully saturated rings. The number of anilines is 1. The minimum absolute atomic E-state index is 0.235. The molecule has 1 amide bonds. The van der Waals surface area contributed by atoms with Gasteiger partial charge in [-0.25, -0.2) is 0 Å². The number of fused-ring (bicyclic) bond motifs is 1. The number of aromatic hydroxyl groups is 1. The van der Waals surface area contributed by atoms with Gasteiger partial charge in [0, 0.05) is 23.1 Å². The summed E-state index contributed by atoms with van der Waals surface area (Å²) in [6.07, 6.45) is 0. The van der Waals surface area contributed by atoms with Gasteiger partial charge in [-0.2, -0.15) is 16.8 Å². The lowest BCUT2D eigenvalue weighted by atomic mass is 10.1. The number of carbonyl (C=O) groups excluding carboxylic acids is 1. The Hall–Kier alpha value is -3.30. The lowest BCUT2D eigenvalue weighted by Crippen LogP contribution is -2.13. The molecule has 0 spiro atoms. The van der Waals surface area contributed by atoms with Crippen LogP contribution in [0.25, 0.3) is 10.8 Å². The zero-order chi connectivity index (χ0) is 24.0. The number of halogens is 1. The summed E-state index contributed by atoms with van der Waals surface area (Å²) in [5, 5.41) is 22.8. The first kappa shape index (κ1) is 23.4. The molecular formula is C17H11ClN2O10S2. The molecule has 0 aliphatic carbocycles. The molecule has 0 radical (unpaired) electrons. The van der Waals surface area contributed by atoms with Crippen molar-refractivity contribution in [2.75, 3.05) is 5.32 Å². The summed E-state index contributed by atoms with van der Waals surface area (Å²) < 4.78 is 64.7. The molecule has 0 bridgehead atoms. The lowest BCUT2D eigenvalue weighted by molar-refractivity contribution is -0.384. The molecule has 0 atom stereocenters. The maximum absolute atomic E-state index is 12.6. The molecule has 0 aromatic heterocycles. The predicted molar refractivity (Wildman–Crippen MR) is 111 cm³/mol. The number of hydrogen-bond donors (Lipinski definition) is 4. The molecule has 0 aliphatic heterocycles. The topological polar surface area (TPSA) is 201 Å². The second-order valence-corrected chi connectivity index (χ2v) is 9.59. The number of nitro groups is 1.